The third kappa shape index (κ3) is 8.00. The Morgan fingerprint density at radius 1 is 0.938 bits per heavy atom. The number of nitrogens with one attached hydrogen (secondary N) is 5. The predicted molar refractivity (Wildman–Crippen MR) is 243 cm³/mol. The smallest absolute Gasteiger partial charge is 0.249 e. The van der Waals surface area contributed by atoms with Crippen LogP contribution in [0.1, 0.15) is 111 Å². The molecule has 2 saturated heterocycles. The van der Waals surface area contributed by atoms with E-state index in [0.29, 0.717) is 79.0 Å². The van der Waals surface area contributed by atoms with Gasteiger partial charge in [-0.3, -0.25) is 39.3 Å². The first-order valence-corrected chi connectivity index (χ1v) is 24.6. The second-order valence-electron chi connectivity index (χ2n) is 18.1. The third-order valence-corrected chi connectivity index (χ3v) is 16.3. The van der Waals surface area contributed by atoms with Gasteiger partial charge in [-0.2, -0.15) is 0 Å². The van der Waals surface area contributed by atoms with Gasteiger partial charge in [0.15, 0.2) is 0 Å². The average Bonchev–Trinajstić information content (AvgIpc) is 3.87. The number of amides is 5. The monoisotopic (exact) mass is 942 g/mol. The molecule has 340 valence electrons. The van der Waals surface area contributed by atoms with Crippen molar-refractivity contribution in [1.29, 1.82) is 0 Å². The second-order valence-corrected chi connectivity index (χ2v) is 20.8. The van der Waals surface area contributed by atoms with Crippen LogP contribution in [0.2, 0.25) is 10.0 Å². The molecule has 9 rings (SSSR count). The van der Waals surface area contributed by atoms with Crippen molar-refractivity contribution in [2.24, 2.45) is 5.92 Å². The van der Waals surface area contributed by atoms with Crippen LogP contribution in [-0.4, -0.2) is 72.3 Å². The molecule has 1 unspecified atom stereocenters. The molecule has 17 heteroatoms. The highest BCUT2D eigenvalue weighted by Gasteiger charge is 2.72. The van der Waals surface area contributed by atoms with Gasteiger partial charge in [0.05, 0.1) is 16.8 Å². The fourth-order valence-corrected chi connectivity index (χ4v) is 12.8. The van der Waals surface area contributed by atoms with E-state index in [1.807, 2.05) is 23.1 Å². The number of fused-ring (bicyclic) bond motifs is 4. The Labute approximate surface area is 387 Å². The highest BCUT2D eigenvalue weighted by molar-refractivity contribution is 7.90. The number of hydrogen-bond donors (Lipinski definition) is 5. The Morgan fingerprint density at radius 2 is 1.69 bits per heavy atom. The number of piperidine rings is 1. The molecule has 5 N–H and O–H groups in total. The number of imide groups is 1. The van der Waals surface area contributed by atoms with E-state index in [0.717, 1.165) is 30.4 Å². The quantitative estimate of drug-likeness (QED) is 0.135. The lowest BCUT2D eigenvalue weighted by molar-refractivity contribution is -0.136. The zero-order valence-corrected chi connectivity index (χ0v) is 37.9. The first kappa shape index (κ1) is 44.9. The molecular weight excluding hydrogens is 895 g/mol. The van der Waals surface area contributed by atoms with Gasteiger partial charge >= 0.3 is 0 Å². The van der Waals surface area contributed by atoms with Gasteiger partial charge < -0.3 is 15.5 Å². The molecule has 3 aromatic carbocycles. The zero-order chi connectivity index (χ0) is 45.8. The summed E-state index contributed by atoms with van der Waals surface area (Å²) in [5, 5.41) is 12.5. The fraction of sp³-hybridized carbons (Fsp3) is 0.438. The lowest BCUT2D eigenvalue weighted by Gasteiger charge is -2.47. The SMILES string of the molecule is C=C1c2cccc(C#CCCS(=O)(=O)NC(=O)C3CCC(NC(=O)[C@@H]4NC5(CCCCC5)[C@@]5(C(=O)Nc6cc(Cl)ccc65)[C@H]4c4cccc(Cl)c4F)CC3)c2CN1C1CCC(=O)NC1=O. The summed E-state index contributed by atoms with van der Waals surface area (Å²) in [6, 6.07) is 13.5. The minimum absolute atomic E-state index is 0.0400. The maximum atomic E-state index is 16.3. The summed E-state index contributed by atoms with van der Waals surface area (Å²) >= 11 is 12.8. The standard InChI is InChI=1S/C48H49Cl2FN6O7S/c1-27-32-11-7-10-28(34(32)26-57(27)38-20-21-39(58)54-44(38)60)9-3-6-24-65(63,64)56-43(59)29-14-17-31(18-15-29)52-45(61)42-40(33-12-8-13-36(50)41(33)51)48(47(55-42)22-4-2-5-23-47)35-19-16-30(49)25-37(35)53-46(48)62/h7-8,10-13,16,19,25,29,31,38,40,42,55H,1-2,4-6,14-15,17-18,20-24,26H2,(H,52,61)(H,53,62)(H,56,59)(H,54,58,60)/t29?,31?,38?,40-,42+,48+/m0/s1. The van der Waals surface area contributed by atoms with Crippen molar-refractivity contribution in [1.82, 2.24) is 25.6 Å². The zero-order valence-electron chi connectivity index (χ0n) is 35.5. The minimum Gasteiger partial charge on any atom is -0.355 e. The molecule has 4 heterocycles. The topological polar surface area (TPSA) is 183 Å². The van der Waals surface area contributed by atoms with Crippen LogP contribution in [0.25, 0.3) is 5.70 Å². The summed E-state index contributed by atoms with van der Waals surface area (Å²) in [5.41, 5.74) is 2.11. The molecule has 5 amide bonds. The molecule has 0 radical (unpaired) electrons. The average molecular weight is 944 g/mol. The lowest BCUT2D eigenvalue weighted by atomic mass is 9.55. The summed E-state index contributed by atoms with van der Waals surface area (Å²) in [5.74, 6) is 1.28. The minimum atomic E-state index is -4.03. The Hall–Kier alpha value is -5.27. The molecule has 3 aromatic rings. The highest BCUT2D eigenvalue weighted by Crippen LogP contribution is 2.63. The van der Waals surface area contributed by atoms with Crippen LogP contribution in [-0.2, 0) is 46.0 Å². The molecule has 13 nitrogen and oxygen atoms in total. The highest BCUT2D eigenvalue weighted by atomic mass is 35.5. The van der Waals surface area contributed by atoms with E-state index < -0.39 is 68.3 Å². The lowest BCUT2D eigenvalue weighted by Crippen LogP contribution is -2.60. The number of anilines is 1. The number of rotatable bonds is 8. The van der Waals surface area contributed by atoms with Crippen molar-refractivity contribution in [2.75, 3.05) is 11.1 Å². The van der Waals surface area contributed by atoms with E-state index in [1.165, 1.54) is 6.07 Å². The van der Waals surface area contributed by atoms with Crippen LogP contribution in [0, 0.1) is 23.6 Å². The van der Waals surface area contributed by atoms with Crippen molar-refractivity contribution in [2.45, 2.75) is 119 Å². The van der Waals surface area contributed by atoms with Gasteiger partial charge in [-0.05, 0) is 85.9 Å². The van der Waals surface area contributed by atoms with E-state index in [9.17, 15) is 32.4 Å². The Morgan fingerprint density at radius 3 is 2.45 bits per heavy atom. The summed E-state index contributed by atoms with van der Waals surface area (Å²) < 4.78 is 44.7. The second kappa shape index (κ2) is 17.5. The van der Waals surface area contributed by atoms with Crippen LogP contribution in [0.5, 0.6) is 0 Å². The molecular formula is C48H49Cl2FN6O7S. The number of sulfonamides is 1. The summed E-state index contributed by atoms with van der Waals surface area (Å²) in [6.45, 7) is 4.55. The largest absolute Gasteiger partial charge is 0.355 e. The fourth-order valence-electron chi connectivity index (χ4n) is 11.5. The maximum absolute atomic E-state index is 16.3. The first-order valence-electron chi connectivity index (χ1n) is 22.2. The molecule has 2 aliphatic carbocycles. The number of carbonyl (C=O) groups excluding carboxylic acids is 5. The Balaban J connectivity index is 0.841. The molecule has 4 aliphatic heterocycles. The molecule has 2 spiro atoms. The van der Waals surface area contributed by atoms with Gasteiger partial charge in [-0.1, -0.05) is 91.2 Å². The van der Waals surface area contributed by atoms with Crippen LogP contribution in [0.3, 0.4) is 0 Å². The number of nitrogens with zero attached hydrogens (tertiary/aromatic N) is 1. The van der Waals surface area contributed by atoms with Crippen LogP contribution in [0.4, 0.5) is 10.1 Å². The van der Waals surface area contributed by atoms with E-state index >= 15 is 4.39 Å². The summed E-state index contributed by atoms with van der Waals surface area (Å²) in [7, 11) is -4.03. The third-order valence-electron chi connectivity index (χ3n) is 14.5. The molecule has 0 aromatic heterocycles. The van der Waals surface area contributed by atoms with Crippen LogP contribution >= 0.6 is 23.2 Å². The van der Waals surface area contributed by atoms with Gasteiger partial charge in [0.25, 0.3) is 0 Å². The molecule has 4 atom stereocenters. The van der Waals surface area contributed by atoms with Crippen LogP contribution < -0.4 is 26.0 Å². The Kier molecular flexibility index (Phi) is 12.1. The Bertz CT molecular complexity index is 2710. The van der Waals surface area contributed by atoms with E-state index in [2.05, 4.69) is 44.4 Å². The number of carbonyl (C=O) groups is 5. The van der Waals surface area contributed by atoms with Crippen molar-refractivity contribution < 1.29 is 36.8 Å². The normalized spacial score (nSPS) is 26.8. The predicted octanol–water partition coefficient (Wildman–Crippen LogP) is 5.94. The number of halogens is 3. The number of benzene rings is 3. The van der Waals surface area contributed by atoms with Crippen LogP contribution in [0.15, 0.2) is 61.2 Å². The van der Waals surface area contributed by atoms with E-state index in [4.69, 9.17) is 23.2 Å². The molecule has 4 fully saturated rings. The van der Waals surface area contributed by atoms with Crippen molar-refractivity contribution >= 4 is 74.1 Å². The maximum Gasteiger partial charge on any atom is 0.249 e. The molecule has 0 bridgehead atoms. The van der Waals surface area contributed by atoms with Crippen molar-refractivity contribution in [3.63, 3.8) is 0 Å². The summed E-state index contributed by atoms with van der Waals surface area (Å²) in [6.07, 6.45) is 5.74. The van der Waals surface area contributed by atoms with Gasteiger partial charge in [0.1, 0.15) is 17.3 Å². The molecule has 65 heavy (non-hydrogen) atoms. The van der Waals surface area contributed by atoms with Gasteiger partial charge in [-0.15, -0.1) is 0 Å². The van der Waals surface area contributed by atoms with Crippen molar-refractivity contribution in [3.05, 3.63) is 105 Å². The van der Waals surface area contributed by atoms with Gasteiger partial charge in [-0.25, -0.2) is 12.8 Å². The van der Waals surface area contributed by atoms with E-state index in [1.54, 1.807) is 30.3 Å². The first-order chi connectivity index (χ1) is 31.1. The van der Waals surface area contributed by atoms with E-state index in [-0.39, 0.29) is 47.2 Å². The van der Waals surface area contributed by atoms with Gasteiger partial charge in [0.2, 0.25) is 39.6 Å². The summed E-state index contributed by atoms with van der Waals surface area (Å²) in [4.78, 5) is 68.7. The number of hydrogen-bond acceptors (Lipinski definition) is 9. The van der Waals surface area contributed by atoms with Gasteiger partial charge in [0, 0.05) is 70.3 Å². The molecule has 2 saturated carbocycles. The van der Waals surface area contributed by atoms with Crippen molar-refractivity contribution in [3.8, 4) is 11.8 Å². The molecule has 6 aliphatic rings.